The summed E-state index contributed by atoms with van der Waals surface area (Å²) in [7, 11) is 4.13. The van der Waals surface area contributed by atoms with Gasteiger partial charge >= 0.3 is 0 Å². The highest BCUT2D eigenvalue weighted by atomic mass is 16.5. The number of nitrogens with zero attached hydrogens (tertiary/aromatic N) is 1. The Labute approximate surface area is 148 Å². The van der Waals surface area contributed by atoms with E-state index in [1.807, 2.05) is 6.07 Å². The molecule has 4 nitrogen and oxygen atoms in total. The largest absolute Gasteiger partial charge is 0.492 e. The minimum absolute atomic E-state index is 0.145. The molecule has 0 radical (unpaired) electrons. The van der Waals surface area contributed by atoms with Crippen LogP contribution in [0.5, 0.6) is 5.75 Å². The molecule has 0 saturated heterocycles. The third kappa shape index (κ3) is 3.15. The highest BCUT2D eigenvalue weighted by Gasteiger charge is 2.27. The van der Waals surface area contributed by atoms with E-state index in [0.717, 1.165) is 25.3 Å². The second-order valence-electron chi connectivity index (χ2n) is 6.89. The lowest BCUT2D eigenvalue weighted by molar-refractivity contribution is 0.258. The molecule has 130 valence electrons. The molecule has 1 atom stereocenters. The van der Waals surface area contributed by atoms with E-state index >= 15 is 0 Å². The van der Waals surface area contributed by atoms with E-state index < -0.39 is 0 Å². The van der Waals surface area contributed by atoms with Crippen LogP contribution in [-0.2, 0) is 6.42 Å². The normalized spacial score (nSPS) is 17.0. The van der Waals surface area contributed by atoms with Crippen LogP contribution in [0.4, 0.5) is 0 Å². The van der Waals surface area contributed by atoms with Gasteiger partial charge in [-0.3, -0.25) is 0 Å². The monoisotopic (exact) mass is 335 g/mol. The number of H-pyrrole nitrogens is 1. The number of aromatic amines is 1. The number of fused-ring (bicyclic) bond motifs is 3. The van der Waals surface area contributed by atoms with Gasteiger partial charge in [0.05, 0.1) is 6.04 Å². The minimum Gasteiger partial charge on any atom is -0.492 e. The molecule has 1 aromatic heterocycles. The molecule has 1 unspecified atom stereocenters. The maximum atomic E-state index is 6.09. The van der Waals surface area contributed by atoms with Crippen molar-refractivity contribution < 1.29 is 4.74 Å². The second-order valence-corrected chi connectivity index (χ2v) is 6.89. The molecular formula is C21H25N3O. The smallest absolute Gasteiger partial charge is 0.124 e. The number of hydrogen-bond acceptors (Lipinski definition) is 3. The van der Waals surface area contributed by atoms with Gasteiger partial charge in [-0.15, -0.1) is 0 Å². The third-order valence-corrected chi connectivity index (χ3v) is 4.88. The van der Waals surface area contributed by atoms with Crippen molar-refractivity contribution in [2.45, 2.75) is 12.5 Å². The Morgan fingerprint density at radius 2 is 1.88 bits per heavy atom. The highest BCUT2D eigenvalue weighted by molar-refractivity contribution is 5.85. The van der Waals surface area contributed by atoms with Crippen LogP contribution in [0.25, 0.3) is 10.9 Å². The first-order valence-electron chi connectivity index (χ1n) is 8.93. The molecule has 0 amide bonds. The first-order chi connectivity index (χ1) is 12.2. The molecule has 0 bridgehead atoms. The number of rotatable bonds is 5. The number of nitrogens with one attached hydrogen (secondary N) is 2. The lowest BCUT2D eigenvalue weighted by Crippen LogP contribution is -2.31. The molecule has 1 aliphatic rings. The fourth-order valence-corrected chi connectivity index (χ4v) is 3.63. The molecule has 0 spiro atoms. The van der Waals surface area contributed by atoms with Crippen LogP contribution in [0.2, 0.25) is 0 Å². The second kappa shape index (κ2) is 6.90. The Bertz CT molecular complexity index is 868. The molecule has 0 fully saturated rings. The number of benzene rings is 2. The summed E-state index contributed by atoms with van der Waals surface area (Å²) in [4.78, 5) is 5.78. The van der Waals surface area contributed by atoms with Crippen molar-refractivity contribution in [3.05, 3.63) is 65.4 Å². The molecule has 2 heterocycles. The van der Waals surface area contributed by atoms with Crippen molar-refractivity contribution in [3.8, 4) is 5.75 Å². The minimum atomic E-state index is 0.145. The van der Waals surface area contributed by atoms with Gasteiger partial charge in [-0.25, -0.2) is 0 Å². The fraction of sp³-hybridized carbons (Fsp3) is 0.333. The van der Waals surface area contributed by atoms with Crippen LogP contribution >= 0.6 is 0 Å². The van der Waals surface area contributed by atoms with Gasteiger partial charge in [-0.05, 0) is 38.2 Å². The summed E-state index contributed by atoms with van der Waals surface area (Å²) in [6.07, 6.45) is 1.06. The zero-order chi connectivity index (χ0) is 17.2. The van der Waals surface area contributed by atoms with Crippen LogP contribution in [0.3, 0.4) is 0 Å². The number of hydrogen-bond donors (Lipinski definition) is 2. The van der Waals surface area contributed by atoms with Crippen LogP contribution in [0, 0.1) is 0 Å². The summed E-state index contributed by atoms with van der Waals surface area (Å²) in [5.74, 6) is 0.966. The van der Waals surface area contributed by atoms with Crippen molar-refractivity contribution in [1.82, 2.24) is 15.2 Å². The van der Waals surface area contributed by atoms with E-state index in [4.69, 9.17) is 4.74 Å². The Morgan fingerprint density at radius 1 is 1.08 bits per heavy atom. The van der Waals surface area contributed by atoms with Gasteiger partial charge in [0.2, 0.25) is 0 Å². The van der Waals surface area contributed by atoms with E-state index in [9.17, 15) is 0 Å². The maximum Gasteiger partial charge on any atom is 0.124 e. The molecule has 4 heteroatoms. The zero-order valence-electron chi connectivity index (χ0n) is 14.9. The summed E-state index contributed by atoms with van der Waals surface area (Å²) >= 11 is 0. The number of aromatic nitrogens is 1. The summed E-state index contributed by atoms with van der Waals surface area (Å²) < 4.78 is 6.09. The summed E-state index contributed by atoms with van der Waals surface area (Å²) in [5, 5.41) is 5.01. The highest BCUT2D eigenvalue weighted by Crippen LogP contribution is 2.36. The molecule has 0 saturated carbocycles. The van der Waals surface area contributed by atoms with Crippen LogP contribution < -0.4 is 10.1 Å². The van der Waals surface area contributed by atoms with Crippen molar-refractivity contribution >= 4 is 10.9 Å². The lowest BCUT2D eigenvalue weighted by Gasteiger charge is -2.26. The average Bonchev–Trinajstić information content (AvgIpc) is 3.01. The van der Waals surface area contributed by atoms with Gasteiger partial charge in [-0.2, -0.15) is 0 Å². The van der Waals surface area contributed by atoms with Gasteiger partial charge in [0, 0.05) is 35.2 Å². The van der Waals surface area contributed by atoms with Crippen LogP contribution in [0.1, 0.15) is 22.9 Å². The lowest BCUT2D eigenvalue weighted by atomic mass is 9.94. The zero-order valence-corrected chi connectivity index (χ0v) is 14.9. The number of ether oxygens (including phenoxy) is 1. The average molecular weight is 335 g/mol. The maximum absolute atomic E-state index is 6.09. The van der Waals surface area contributed by atoms with Crippen LogP contribution in [-0.4, -0.2) is 43.7 Å². The SMILES string of the molecule is CN(C)CCOc1ccccc1C1NCCc2c1[nH]c1ccccc21. The van der Waals surface area contributed by atoms with Crippen molar-refractivity contribution in [2.24, 2.45) is 0 Å². The van der Waals surface area contributed by atoms with Crippen molar-refractivity contribution in [1.29, 1.82) is 0 Å². The molecule has 25 heavy (non-hydrogen) atoms. The summed E-state index contributed by atoms with van der Waals surface area (Å²) in [6, 6.07) is 17.1. The molecule has 1 aliphatic heterocycles. The molecule has 4 rings (SSSR count). The van der Waals surface area contributed by atoms with Gasteiger partial charge in [0.1, 0.15) is 12.4 Å². The molecule has 3 aromatic rings. The topological polar surface area (TPSA) is 40.3 Å². The van der Waals surface area contributed by atoms with E-state index in [-0.39, 0.29) is 6.04 Å². The van der Waals surface area contributed by atoms with Crippen molar-refractivity contribution in [2.75, 3.05) is 33.8 Å². The predicted molar refractivity (Wildman–Crippen MR) is 102 cm³/mol. The summed E-state index contributed by atoms with van der Waals surface area (Å²) in [6.45, 7) is 2.58. The molecular weight excluding hydrogens is 310 g/mol. The molecule has 0 aliphatic carbocycles. The Balaban J connectivity index is 1.70. The fourth-order valence-electron chi connectivity index (χ4n) is 3.63. The summed E-state index contributed by atoms with van der Waals surface area (Å²) in [5.41, 5.74) is 5.12. The Kier molecular flexibility index (Phi) is 4.47. The van der Waals surface area contributed by atoms with Gasteiger partial charge < -0.3 is 19.9 Å². The van der Waals surface area contributed by atoms with Gasteiger partial charge in [0.15, 0.2) is 0 Å². The standard InChI is InChI=1S/C21H25N3O/c1-24(2)13-14-25-19-10-6-4-8-17(19)20-21-16(11-12-22-20)15-7-3-5-9-18(15)23-21/h3-10,20,22-23H,11-14H2,1-2H3. The van der Waals surface area contributed by atoms with Gasteiger partial charge in [-0.1, -0.05) is 36.4 Å². The van der Waals surface area contributed by atoms with Crippen LogP contribution in [0.15, 0.2) is 48.5 Å². The number of para-hydroxylation sites is 2. The predicted octanol–water partition coefficient (Wildman–Crippen LogP) is 3.34. The van der Waals surface area contributed by atoms with E-state index in [2.05, 4.69) is 71.8 Å². The van der Waals surface area contributed by atoms with E-state index in [1.165, 1.54) is 27.7 Å². The van der Waals surface area contributed by atoms with Crippen molar-refractivity contribution in [3.63, 3.8) is 0 Å². The first-order valence-corrected chi connectivity index (χ1v) is 8.93. The number of likely N-dealkylation sites (N-methyl/N-ethyl adjacent to an activating group) is 1. The Hall–Kier alpha value is -2.30. The first kappa shape index (κ1) is 16.2. The Morgan fingerprint density at radius 3 is 2.76 bits per heavy atom. The molecule has 2 aromatic carbocycles. The third-order valence-electron chi connectivity index (χ3n) is 4.88. The van der Waals surface area contributed by atoms with Gasteiger partial charge in [0.25, 0.3) is 0 Å². The quantitative estimate of drug-likeness (QED) is 0.751. The van der Waals surface area contributed by atoms with E-state index in [1.54, 1.807) is 0 Å². The van der Waals surface area contributed by atoms with E-state index in [0.29, 0.717) is 6.61 Å². The molecule has 2 N–H and O–H groups in total.